The highest BCUT2D eigenvalue weighted by Gasteiger charge is 2.36. The summed E-state index contributed by atoms with van der Waals surface area (Å²) in [6.07, 6.45) is 0. The molecule has 0 spiro atoms. The summed E-state index contributed by atoms with van der Waals surface area (Å²) in [5, 5.41) is 11.9. The first-order valence-electron chi connectivity index (χ1n) is 8.33. The summed E-state index contributed by atoms with van der Waals surface area (Å²) in [5.74, 6) is 1.46. The number of rotatable bonds is 6. The molecule has 0 aliphatic rings. The molecule has 0 heterocycles. The second-order valence-corrected chi connectivity index (χ2v) is 13.2. The first-order valence-corrected chi connectivity index (χ1v) is 12.0. The van der Waals surface area contributed by atoms with Gasteiger partial charge in [0.25, 0.3) is 0 Å². The molecular weight excluding hydrogens is 400 g/mol. The molecule has 0 aliphatic heterocycles. The van der Waals surface area contributed by atoms with Crippen molar-refractivity contribution in [3.8, 4) is 17.2 Å². The smallest absolute Gasteiger partial charge is 0.192 e. The average Bonchev–Trinajstić information content (AvgIpc) is 2.52. The van der Waals surface area contributed by atoms with Crippen LogP contribution in [0.25, 0.3) is 10.8 Å². The molecule has 0 aliphatic carbocycles. The van der Waals surface area contributed by atoms with E-state index in [0.717, 1.165) is 5.39 Å². The highest BCUT2D eigenvalue weighted by Crippen LogP contribution is 2.43. The van der Waals surface area contributed by atoms with Gasteiger partial charge in [0.2, 0.25) is 0 Å². The zero-order valence-electron chi connectivity index (χ0n) is 15.8. The van der Waals surface area contributed by atoms with Crippen molar-refractivity contribution in [3.63, 3.8) is 0 Å². The van der Waals surface area contributed by atoms with Crippen molar-refractivity contribution in [1.82, 2.24) is 0 Å². The lowest BCUT2D eigenvalue weighted by Gasteiger charge is -2.36. The molecule has 0 radical (unpaired) electrons. The van der Waals surface area contributed by atoms with Crippen LogP contribution in [0.2, 0.25) is 18.1 Å². The molecule has 6 heteroatoms. The zero-order chi connectivity index (χ0) is 18.8. The van der Waals surface area contributed by atoms with Crippen LogP contribution in [0.5, 0.6) is 17.2 Å². The van der Waals surface area contributed by atoms with Crippen LogP contribution in [0.4, 0.5) is 0 Å². The highest BCUT2D eigenvalue weighted by atomic mass is 79.9. The first-order chi connectivity index (χ1) is 11.6. The number of aromatic hydroxyl groups is 1. The second-order valence-electron chi connectivity index (χ2n) is 7.55. The van der Waals surface area contributed by atoms with Crippen molar-refractivity contribution in [1.29, 1.82) is 0 Å². The summed E-state index contributed by atoms with van der Waals surface area (Å²) >= 11 is 3.48. The summed E-state index contributed by atoms with van der Waals surface area (Å²) in [5.41, 5.74) is 0. The van der Waals surface area contributed by atoms with Crippen LogP contribution >= 0.6 is 15.9 Å². The summed E-state index contributed by atoms with van der Waals surface area (Å²) < 4.78 is 18.2. The molecule has 138 valence electrons. The van der Waals surface area contributed by atoms with Gasteiger partial charge in [0.05, 0.1) is 23.6 Å². The quantitative estimate of drug-likeness (QED) is 0.473. The van der Waals surface area contributed by atoms with Crippen molar-refractivity contribution >= 4 is 35.0 Å². The van der Waals surface area contributed by atoms with Crippen molar-refractivity contribution in [2.75, 3.05) is 20.3 Å². The lowest BCUT2D eigenvalue weighted by molar-refractivity contribution is 0.204. The molecule has 0 bridgehead atoms. The Bertz CT molecular complexity index is 753. The van der Waals surface area contributed by atoms with Crippen LogP contribution in [0.1, 0.15) is 20.8 Å². The molecular formula is C19H27BrO4Si. The molecule has 2 aromatic carbocycles. The van der Waals surface area contributed by atoms with Gasteiger partial charge < -0.3 is 19.0 Å². The number of fused-ring (bicyclic) bond motifs is 1. The number of hydrogen-bond acceptors (Lipinski definition) is 4. The van der Waals surface area contributed by atoms with Gasteiger partial charge in [0.15, 0.2) is 8.32 Å². The molecule has 2 rings (SSSR count). The van der Waals surface area contributed by atoms with Crippen LogP contribution in [-0.2, 0) is 4.43 Å². The topological polar surface area (TPSA) is 47.9 Å². The minimum atomic E-state index is -1.79. The molecule has 0 atom stereocenters. The van der Waals surface area contributed by atoms with E-state index in [1.165, 1.54) is 0 Å². The number of hydrogen-bond donors (Lipinski definition) is 1. The van der Waals surface area contributed by atoms with Crippen LogP contribution in [0.3, 0.4) is 0 Å². The van der Waals surface area contributed by atoms with Gasteiger partial charge in [-0.05, 0) is 46.2 Å². The Kier molecular flexibility index (Phi) is 6.07. The fourth-order valence-electron chi connectivity index (χ4n) is 2.34. The number of phenolic OH excluding ortho intramolecular Hbond substituents is 1. The van der Waals surface area contributed by atoms with Gasteiger partial charge in [-0.25, -0.2) is 0 Å². The Morgan fingerprint density at radius 2 is 1.84 bits per heavy atom. The largest absolute Gasteiger partial charge is 0.507 e. The third kappa shape index (κ3) is 4.30. The lowest BCUT2D eigenvalue weighted by atomic mass is 10.1. The number of benzene rings is 2. The van der Waals surface area contributed by atoms with Gasteiger partial charge in [-0.3, -0.25) is 0 Å². The van der Waals surface area contributed by atoms with Gasteiger partial charge >= 0.3 is 0 Å². The van der Waals surface area contributed by atoms with Crippen molar-refractivity contribution in [2.45, 2.75) is 38.9 Å². The Morgan fingerprint density at radius 3 is 2.44 bits per heavy atom. The molecule has 0 fully saturated rings. The summed E-state index contributed by atoms with van der Waals surface area (Å²) in [7, 11) is -0.199. The Morgan fingerprint density at radius 1 is 1.16 bits per heavy atom. The molecule has 2 aromatic rings. The van der Waals surface area contributed by atoms with E-state index in [-0.39, 0.29) is 10.8 Å². The average molecular weight is 427 g/mol. The number of methoxy groups -OCH3 is 1. The van der Waals surface area contributed by atoms with E-state index >= 15 is 0 Å². The molecule has 0 aromatic heterocycles. The van der Waals surface area contributed by atoms with Gasteiger partial charge in [0.1, 0.15) is 23.9 Å². The third-order valence-corrected chi connectivity index (χ3v) is 9.95. The van der Waals surface area contributed by atoms with E-state index in [4.69, 9.17) is 13.9 Å². The summed E-state index contributed by atoms with van der Waals surface area (Å²) in [6.45, 7) is 12.1. The van der Waals surface area contributed by atoms with Gasteiger partial charge in [-0.2, -0.15) is 0 Å². The zero-order valence-corrected chi connectivity index (χ0v) is 18.4. The van der Waals surface area contributed by atoms with Gasteiger partial charge in [-0.1, -0.05) is 32.9 Å². The molecule has 1 N–H and O–H groups in total. The summed E-state index contributed by atoms with van der Waals surface area (Å²) in [4.78, 5) is 0. The maximum Gasteiger partial charge on any atom is 0.192 e. The van der Waals surface area contributed by atoms with Crippen LogP contribution < -0.4 is 9.47 Å². The second kappa shape index (κ2) is 7.56. The van der Waals surface area contributed by atoms with Gasteiger partial charge in [0, 0.05) is 5.39 Å². The van der Waals surface area contributed by atoms with E-state index < -0.39 is 8.32 Å². The van der Waals surface area contributed by atoms with Crippen LogP contribution in [-0.4, -0.2) is 33.7 Å². The van der Waals surface area contributed by atoms with E-state index in [2.05, 4.69) is 49.8 Å². The van der Waals surface area contributed by atoms with E-state index in [9.17, 15) is 5.11 Å². The van der Waals surface area contributed by atoms with E-state index in [1.807, 2.05) is 18.2 Å². The van der Waals surface area contributed by atoms with Crippen LogP contribution in [0.15, 0.2) is 28.7 Å². The van der Waals surface area contributed by atoms with Crippen molar-refractivity contribution in [3.05, 3.63) is 28.7 Å². The Hall–Kier alpha value is -1.24. The normalized spacial score (nSPS) is 12.4. The third-order valence-electron chi connectivity index (χ3n) is 4.83. The van der Waals surface area contributed by atoms with E-state index in [1.54, 1.807) is 13.2 Å². The molecule has 25 heavy (non-hydrogen) atoms. The maximum absolute atomic E-state index is 10.3. The fraction of sp³-hybridized carbons (Fsp3) is 0.474. The summed E-state index contributed by atoms with van der Waals surface area (Å²) in [6, 6.07) is 7.24. The Labute approximate surface area is 159 Å². The highest BCUT2D eigenvalue weighted by molar-refractivity contribution is 9.10. The lowest BCUT2D eigenvalue weighted by Crippen LogP contribution is -2.41. The Balaban J connectivity index is 2.20. The molecule has 0 amide bonds. The van der Waals surface area contributed by atoms with Crippen molar-refractivity contribution < 1.29 is 19.0 Å². The van der Waals surface area contributed by atoms with Crippen LogP contribution in [0, 0.1) is 0 Å². The standard InChI is InChI=1S/C19H27BrO4Si/c1-19(2,3)25(5,6)24-11-10-23-18-13-8-7-9-16(22-4)17(13)15(21)12-14(18)20/h7-9,12,21H,10-11H2,1-6H3. The number of phenols is 1. The minimum absolute atomic E-state index is 0.157. The number of halogens is 1. The maximum atomic E-state index is 10.3. The molecule has 0 unspecified atom stereocenters. The number of ether oxygens (including phenoxy) is 2. The van der Waals surface area contributed by atoms with E-state index in [0.29, 0.717) is 34.6 Å². The van der Waals surface area contributed by atoms with Gasteiger partial charge in [-0.15, -0.1) is 0 Å². The minimum Gasteiger partial charge on any atom is -0.507 e. The SMILES string of the molecule is COc1cccc2c(OCCO[Si](C)(C)C(C)(C)C)c(Br)cc(O)c12. The first kappa shape index (κ1) is 20.1. The predicted octanol–water partition coefficient (Wildman–Crippen LogP) is 5.72. The predicted molar refractivity (Wildman–Crippen MR) is 109 cm³/mol. The molecule has 4 nitrogen and oxygen atoms in total. The molecule has 0 saturated heterocycles. The fourth-order valence-corrected chi connectivity index (χ4v) is 3.92. The van der Waals surface area contributed by atoms with Crippen molar-refractivity contribution in [2.24, 2.45) is 0 Å². The monoisotopic (exact) mass is 426 g/mol. The molecule has 0 saturated carbocycles.